The molecule has 0 heterocycles. The van der Waals surface area contributed by atoms with Gasteiger partial charge in [-0.1, -0.05) is 39.8 Å². The normalized spacial score (nSPS) is 11.9. The Kier molecular flexibility index (Phi) is 5.21. The molecule has 0 bridgehead atoms. The van der Waals surface area contributed by atoms with Gasteiger partial charge in [0.05, 0.1) is 7.11 Å². The van der Waals surface area contributed by atoms with E-state index in [-0.39, 0.29) is 5.41 Å². The Bertz CT molecular complexity index is 372. The molecule has 0 aliphatic rings. The lowest BCUT2D eigenvalue weighted by molar-refractivity contribution is 0.396. The Labute approximate surface area is 112 Å². The van der Waals surface area contributed by atoms with Crippen molar-refractivity contribution in [2.75, 3.05) is 13.7 Å². The molecule has 102 valence electrons. The van der Waals surface area contributed by atoms with Gasteiger partial charge in [0, 0.05) is 12.0 Å². The first-order chi connectivity index (χ1) is 8.54. The van der Waals surface area contributed by atoms with Gasteiger partial charge in [-0.15, -0.1) is 0 Å². The smallest absolute Gasteiger partial charge is 0.122 e. The molecule has 1 rings (SSSR count). The third-order valence-corrected chi connectivity index (χ3v) is 4.21. The number of ether oxygens (including phenoxy) is 1. The molecule has 18 heavy (non-hydrogen) atoms. The number of rotatable bonds is 6. The molecule has 2 N–H and O–H groups in total. The zero-order valence-electron chi connectivity index (χ0n) is 12.4. The van der Waals surface area contributed by atoms with E-state index in [0.717, 1.165) is 18.6 Å². The van der Waals surface area contributed by atoms with Crippen molar-refractivity contribution in [1.82, 2.24) is 0 Å². The average molecular weight is 249 g/mol. The predicted octanol–water partition coefficient (Wildman–Crippen LogP) is 3.84. The summed E-state index contributed by atoms with van der Waals surface area (Å²) in [5, 5.41) is 0. The fraction of sp³-hybridized carbons (Fsp3) is 0.625. The molecule has 0 atom stereocenters. The van der Waals surface area contributed by atoms with E-state index >= 15 is 0 Å². The summed E-state index contributed by atoms with van der Waals surface area (Å²) in [4.78, 5) is 0. The molecular formula is C16H27NO. The van der Waals surface area contributed by atoms with E-state index in [0.29, 0.717) is 12.5 Å². The molecule has 0 saturated heterocycles. The van der Waals surface area contributed by atoms with Crippen LogP contribution in [0.2, 0.25) is 0 Å². The summed E-state index contributed by atoms with van der Waals surface area (Å²) >= 11 is 0. The topological polar surface area (TPSA) is 35.2 Å². The Hall–Kier alpha value is -1.02. The molecule has 0 fully saturated rings. The van der Waals surface area contributed by atoms with Gasteiger partial charge < -0.3 is 10.5 Å². The number of methoxy groups -OCH3 is 1. The summed E-state index contributed by atoms with van der Waals surface area (Å²) < 4.78 is 5.44. The Morgan fingerprint density at radius 3 is 2.22 bits per heavy atom. The van der Waals surface area contributed by atoms with Gasteiger partial charge in [0.15, 0.2) is 0 Å². The number of hydrogen-bond donors (Lipinski definition) is 1. The van der Waals surface area contributed by atoms with E-state index in [1.165, 1.54) is 11.1 Å². The number of benzene rings is 1. The zero-order valence-corrected chi connectivity index (χ0v) is 12.4. The van der Waals surface area contributed by atoms with Crippen molar-refractivity contribution in [2.24, 2.45) is 5.73 Å². The highest BCUT2D eigenvalue weighted by atomic mass is 16.5. The molecule has 2 heteroatoms. The number of nitrogens with two attached hydrogens (primary N) is 1. The monoisotopic (exact) mass is 249 g/mol. The second kappa shape index (κ2) is 6.24. The molecule has 2 nitrogen and oxygen atoms in total. The summed E-state index contributed by atoms with van der Waals surface area (Å²) in [6.45, 7) is 9.53. The van der Waals surface area contributed by atoms with Crippen LogP contribution in [-0.4, -0.2) is 13.7 Å². The van der Waals surface area contributed by atoms with Crippen LogP contribution in [0.15, 0.2) is 18.2 Å². The van der Waals surface area contributed by atoms with Crippen molar-refractivity contribution in [2.45, 2.75) is 51.9 Å². The van der Waals surface area contributed by atoms with Crippen LogP contribution in [0.3, 0.4) is 0 Å². The van der Waals surface area contributed by atoms with Crippen molar-refractivity contribution < 1.29 is 4.74 Å². The first kappa shape index (κ1) is 15.0. The summed E-state index contributed by atoms with van der Waals surface area (Å²) in [5.74, 6) is 1.44. The maximum atomic E-state index is 6.03. The standard InChI is InChI=1S/C16H27NO/c1-6-16(7-2,11-17)13-8-9-15(18-5)14(10-13)12(3)4/h8-10,12H,6-7,11,17H2,1-5H3. The predicted molar refractivity (Wildman–Crippen MR) is 78.4 cm³/mol. The van der Waals surface area contributed by atoms with E-state index < -0.39 is 0 Å². The van der Waals surface area contributed by atoms with Crippen LogP contribution in [0.25, 0.3) is 0 Å². The molecule has 0 amide bonds. The van der Waals surface area contributed by atoms with Gasteiger partial charge in [0.1, 0.15) is 5.75 Å². The first-order valence-corrected chi connectivity index (χ1v) is 6.93. The van der Waals surface area contributed by atoms with E-state index in [2.05, 4.69) is 45.9 Å². The minimum absolute atomic E-state index is 0.107. The fourth-order valence-corrected chi connectivity index (χ4v) is 2.58. The SMILES string of the molecule is CCC(CC)(CN)c1ccc(OC)c(C(C)C)c1. The van der Waals surface area contributed by atoms with Gasteiger partial charge in [0.25, 0.3) is 0 Å². The lowest BCUT2D eigenvalue weighted by atomic mass is 9.75. The Morgan fingerprint density at radius 2 is 1.83 bits per heavy atom. The molecule has 0 radical (unpaired) electrons. The molecule has 1 aromatic carbocycles. The molecule has 0 aromatic heterocycles. The van der Waals surface area contributed by atoms with Gasteiger partial charge in [-0.2, -0.15) is 0 Å². The van der Waals surface area contributed by atoms with Gasteiger partial charge in [-0.05, 0) is 36.0 Å². The molecule has 0 saturated carbocycles. The summed E-state index contributed by atoms with van der Waals surface area (Å²) in [5.41, 5.74) is 8.75. The Balaban J connectivity index is 3.30. The van der Waals surface area contributed by atoms with Gasteiger partial charge in [0.2, 0.25) is 0 Å². The maximum Gasteiger partial charge on any atom is 0.122 e. The summed E-state index contributed by atoms with van der Waals surface area (Å²) in [7, 11) is 1.73. The van der Waals surface area contributed by atoms with Crippen molar-refractivity contribution in [3.8, 4) is 5.75 Å². The van der Waals surface area contributed by atoms with Crippen molar-refractivity contribution in [3.05, 3.63) is 29.3 Å². The summed E-state index contributed by atoms with van der Waals surface area (Å²) in [6, 6.07) is 6.54. The van der Waals surface area contributed by atoms with Crippen LogP contribution in [0.5, 0.6) is 5.75 Å². The zero-order chi connectivity index (χ0) is 13.8. The van der Waals surface area contributed by atoms with Crippen LogP contribution in [0.4, 0.5) is 0 Å². The van der Waals surface area contributed by atoms with Crippen molar-refractivity contribution >= 4 is 0 Å². The second-order valence-electron chi connectivity index (χ2n) is 5.30. The number of hydrogen-bond acceptors (Lipinski definition) is 2. The maximum absolute atomic E-state index is 6.03. The molecule has 1 aromatic rings. The van der Waals surface area contributed by atoms with Crippen LogP contribution >= 0.6 is 0 Å². The van der Waals surface area contributed by atoms with E-state index in [1.807, 2.05) is 0 Å². The third-order valence-electron chi connectivity index (χ3n) is 4.21. The lowest BCUT2D eigenvalue weighted by Crippen LogP contribution is -2.33. The van der Waals surface area contributed by atoms with Crippen molar-refractivity contribution in [3.63, 3.8) is 0 Å². The van der Waals surface area contributed by atoms with Crippen LogP contribution in [0, 0.1) is 0 Å². The van der Waals surface area contributed by atoms with Crippen LogP contribution in [0.1, 0.15) is 57.6 Å². The molecule has 0 spiro atoms. The average Bonchev–Trinajstić information content (AvgIpc) is 2.41. The largest absolute Gasteiger partial charge is 0.496 e. The third kappa shape index (κ3) is 2.69. The highest BCUT2D eigenvalue weighted by Crippen LogP contribution is 2.35. The second-order valence-corrected chi connectivity index (χ2v) is 5.30. The van der Waals surface area contributed by atoms with Crippen LogP contribution < -0.4 is 10.5 Å². The molecule has 0 aliphatic carbocycles. The minimum atomic E-state index is 0.107. The van der Waals surface area contributed by atoms with Crippen LogP contribution in [-0.2, 0) is 5.41 Å². The van der Waals surface area contributed by atoms with E-state index in [1.54, 1.807) is 7.11 Å². The van der Waals surface area contributed by atoms with Gasteiger partial charge in [-0.3, -0.25) is 0 Å². The van der Waals surface area contributed by atoms with Crippen molar-refractivity contribution in [1.29, 1.82) is 0 Å². The lowest BCUT2D eigenvalue weighted by Gasteiger charge is -2.32. The van der Waals surface area contributed by atoms with Gasteiger partial charge >= 0.3 is 0 Å². The van der Waals surface area contributed by atoms with E-state index in [4.69, 9.17) is 10.5 Å². The minimum Gasteiger partial charge on any atom is -0.496 e. The Morgan fingerprint density at radius 1 is 1.22 bits per heavy atom. The fourth-order valence-electron chi connectivity index (χ4n) is 2.58. The summed E-state index contributed by atoms with van der Waals surface area (Å²) in [6.07, 6.45) is 2.15. The molecule has 0 unspecified atom stereocenters. The van der Waals surface area contributed by atoms with E-state index in [9.17, 15) is 0 Å². The highest BCUT2D eigenvalue weighted by molar-refractivity contribution is 5.42. The quantitative estimate of drug-likeness (QED) is 0.831. The first-order valence-electron chi connectivity index (χ1n) is 6.93. The highest BCUT2D eigenvalue weighted by Gasteiger charge is 2.27. The van der Waals surface area contributed by atoms with Gasteiger partial charge in [-0.25, -0.2) is 0 Å². The molecule has 0 aliphatic heterocycles. The molecular weight excluding hydrogens is 222 g/mol.